The molecule has 0 bridgehead atoms. The van der Waals surface area contributed by atoms with Gasteiger partial charge in [0, 0.05) is 31.3 Å². The van der Waals surface area contributed by atoms with Crippen LogP contribution < -0.4 is 16.6 Å². The van der Waals surface area contributed by atoms with Gasteiger partial charge in [-0.2, -0.15) is 0 Å². The first kappa shape index (κ1) is 14.9. The van der Waals surface area contributed by atoms with Gasteiger partial charge in [-0.25, -0.2) is 4.79 Å². The molecule has 7 heteroatoms. The summed E-state index contributed by atoms with van der Waals surface area (Å²) in [4.78, 5) is 23.6. The topological polar surface area (TPSA) is 56.0 Å². The average molecular weight is 359 g/mol. The molecule has 2 aromatic rings. The van der Waals surface area contributed by atoms with E-state index in [9.17, 15) is 9.59 Å². The number of halogens is 2. The molecule has 2 rings (SSSR count). The number of hydrogen-bond donors (Lipinski definition) is 1. The number of aromatic nitrogens is 2. The Morgan fingerprint density at radius 2 is 2.00 bits per heavy atom. The maximum Gasteiger partial charge on any atom is 0.330 e. The molecule has 0 aliphatic rings. The maximum absolute atomic E-state index is 12.0. The Balaban J connectivity index is 2.28. The molecule has 0 aliphatic carbocycles. The van der Waals surface area contributed by atoms with Gasteiger partial charge in [-0.1, -0.05) is 27.5 Å². The summed E-state index contributed by atoms with van der Waals surface area (Å²) < 4.78 is 3.34. The standard InChI is InChI=1S/C13H13BrClN3O2/c1-17-7-8(12(19)18(2)13(17)20)6-16-11-4-3-9(14)5-10(11)15/h3-5,7,16H,6H2,1-2H3. The Hall–Kier alpha value is -1.53. The number of rotatable bonds is 3. The number of aryl methyl sites for hydroxylation is 1. The fourth-order valence-electron chi connectivity index (χ4n) is 1.83. The van der Waals surface area contributed by atoms with Crippen molar-refractivity contribution in [1.29, 1.82) is 0 Å². The minimum absolute atomic E-state index is 0.294. The smallest absolute Gasteiger partial charge is 0.330 e. The van der Waals surface area contributed by atoms with Crippen LogP contribution in [0.1, 0.15) is 5.56 Å². The minimum atomic E-state index is -0.347. The average Bonchev–Trinajstić information content (AvgIpc) is 2.40. The summed E-state index contributed by atoms with van der Waals surface area (Å²) in [5, 5.41) is 3.65. The van der Waals surface area contributed by atoms with Crippen LogP contribution in [-0.2, 0) is 20.6 Å². The highest BCUT2D eigenvalue weighted by Gasteiger charge is 2.07. The number of nitrogens with one attached hydrogen (secondary N) is 1. The summed E-state index contributed by atoms with van der Waals surface area (Å²) >= 11 is 9.42. The third-order valence-electron chi connectivity index (χ3n) is 2.92. The first-order valence-electron chi connectivity index (χ1n) is 5.84. The SMILES string of the molecule is Cn1cc(CNc2ccc(Br)cc2Cl)c(=O)n(C)c1=O. The van der Waals surface area contributed by atoms with Crippen LogP contribution in [0, 0.1) is 0 Å². The summed E-state index contributed by atoms with van der Waals surface area (Å²) in [7, 11) is 3.07. The van der Waals surface area contributed by atoms with E-state index in [2.05, 4.69) is 21.2 Å². The first-order valence-corrected chi connectivity index (χ1v) is 7.01. The van der Waals surface area contributed by atoms with Crippen molar-refractivity contribution in [3.63, 3.8) is 0 Å². The van der Waals surface area contributed by atoms with E-state index in [1.165, 1.54) is 17.8 Å². The Morgan fingerprint density at radius 3 is 2.65 bits per heavy atom. The highest BCUT2D eigenvalue weighted by Crippen LogP contribution is 2.25. The van der Waals surface area contributed by atoms with E-state index in [4.69, 9.17) is 11.6 Å². The Kier molecular flexibility index (Phi) is 4.35. The molecule has 106 valence electrons. The Labute approximate surface area is 128 Å². The van der Waals surface area contributed by atoms with Crippen LogP contribution in [0.15, 0.2) is 38.5 Å². The maximum atomic E-state index is 12.0. The van der Waals surface area contributed by atoms with Gasteiger partial charge in [0.15, 0.2) is 0 Å². The summed E-state index contributed by atoms with van der Waals surface area (Å²) in [6.07, 6.45) is 1.53. The van der Waals surface area contributed by atoms with Gasteiger partial charge in [0.05, 0.1) is 16.3 Å². The predicted octanol–water partition coefficient (Wildman–Crippen LogP) is 2.11. The molecule has 0 unspecified atom stereocenters. The number of anilines is 1. The lowest BCUT2D eigenvalue weighted by molar-refractivity contribution is 0.671. The van der Waals surface area contributed by atoms with Crippen LogP contribution in [0.2, 0.25) is 5.02 Å². The summed E-state index contributed by atoms with van der Waals surface area (Å²) in [5.74, 6) is 0. The lowest BCUT2D eigenvalue weighted by atomic mass is 10.3. The van der Waals surface area contributed by atoms with Crippen molar-refractivity contribution in [1.82, 2.24) is 9.13 Å². The van der Waals surface area contributed by atoms with E-state index in [1.54, 1.807) is 13.1 Å². The zero-order chi connectivity index (χ0) is 14.9. The van der Waals surface area contributed by atoms with Gasteiger partial charge in [0.1, 0.15) is 0 Å². The Bertz CT molecular complexity index is 767. The van der Waals surface area contributed by atoms with E-state index in [-0.39, 0.29) is 11.2 Å². The molecule has 0 radical (unpaired) electrons. The monoisotopic (exact) mass is 357 g/mol. The molecular weight excluding hydrogens is 346 g/mol. The Morgan fingerprint density at radius 1 is 1.30 bits per heavy atom. The molecule has 0 atom stereocenters. The summed E-state index contributed by atoms with van der Waals surface area (Å²) in [5.41, 5.74) is 0.564. The van der Waals surface area contributed by atoms with Crippen molar-refractivity contribution in [2.45, 2.75) is 6.54 Å². The second kappa shape index (κ2) is 5.85. The molecule has 5 nitrogen and oxygen atoms in total. The van der Waals surface area contributed by atoms with E-state index in [0.717, 1.165) is 14.7 Å². The third kappa shape index (κ3) is 2.96. The molecule has 1 N–H and O–H groups in total. The molecular formula is C13H13BrClN3O2. The van der Waals surface area contributed by atoms with E-state index < -0.39 is 0 Å². The molecule has 1 aromatic heterocycles. The number of nitrogens with zero attached hydrogens (tertiary/aromatic N) is 2. The number of benzene rings is 1. The molecule has 0 amide bonds. The molecule has 20 heavy (non-hydrogen) atoms. The fraction of sp³-hybridized carbons (Fsp3) is 0.231. The molecule has 0 saturated heterocycles. The minimum Gasteiger partial charge on any atom is -0.379 e. The molecule has 1 heterocycles. The highest BCUT2D eigenvalue weighted by atomic mass is 79.9. The largest absolute Gasteiger partial charge is 0.379 e. The van der Waals surface area contributed by atoms with Crippen LogP contribution in [-0.4, -0.2) is 9.13 Å². The first-order chi connectivity index (χ1) is 9.40. The van der Waals surface area contributed by atoms with Crippen molar-refractivity contribution in [2.24, 2.45) is 14.1 Å². The third-order valence-corrected chi connectivity index (χ3v) is 3.72. The van der Waals surface area contributed by atoms with E-state index in [1.807, 2.05) is 12.1 Å². The van der Waals surface area contributed by atoms with Gasteiger partial charge < -0.3 is 9.88 Å². The van der Waals surface area contributed by atoms with Gasteiger partial charge in [0.2, 0.25) is 0 Å². The summed E-state index contributed by atoms with van der Waals surface area (Å²) in [6.45, 7) is 0.294. The lowest BCUT2D eigenvalue weighted by Crippen LogP contribution is -2.38. The van der Waals surface area contributed by atoms with E-state index >= 15 is 0 Å². The van der Waals surface area contributed by atoms with Gasteiger partial charge in [0.25, 0.3) is 5.56 Å². The zero-order valence-corrected chi connectivity index (χ0v) is 13.3. The molecule has 0 fully saturated rings. The quantitative estimate of drug-likeness (QED) is 0.914. The number of hydrogen-bond acceptors (Lipinski definition) is 3. The van der Waals surface area contributed by atoms with Crippen molar-refractivity contribution in [2.75, 3.05) is 5.32 Å². The van der Waals surface area contributed by atoms with E-state index in [0.29, 0.717) is 17.1 Å². The molecule has 0 spiro atoms. The highest BCUT2D eigenvalue weighted by molar-refractivity contribution is 9.10. The summed E-state index contributed by atoms with van der Waals surface area (Å²) in [6, 6.07) is 5.44. The van der Waals surface area contributed by atoms with Gasteiger partial charge in [-0.15, -0.1) is 0 Å². The fourth-order valence-corrected chi connectivity index (χ4v) is 2.57. The van der Waals surface area contributed by atoms with Crippen molar-refractivity contribution in [3.05, 3.63) is 60.3 Å². The molecule has 0 aliphatic heterocycles. The zero-order valence-electron chi connectivity index (χ0n) is 11.0. The molecule has 1 aromatic carbocycles. The predicted molar refractivity (Wildman–Crippen MR) is 83.4 cm³/mol. The van der Waals surface area contributed by atoms with Crippen molar-refractivity contribution in [3.8, 4) is 0 Å². The second-order valence-electron chi connectivity index (χ2n) is 4.39. The second-order valence-corrected chi connectivity index (χ2v) is 5.71. The van der Waals surface area contributed by atoms with Crippen LogP contribution >= 0.6 is 27.5 Å². The van der Waals surface area contributed by atoms with Crippen molar-refractivity contribution < 1.29 is 0 Å². The van der Waals surface area contributed by atoms with Crippen LogP contribution in [0.5, 0.6) is 0 Å². The van der Waals surface area contributed by atoms with Crippen molar-refractivity contribution >= 4 is 33.2 Å². The van der Waals surface area contributed by atoms with Gasteiger partial charge in [-0.05, 0) is 18.2 Å². The van der Waals surface area contributed by atoms with Crippen LogP contribution in [0.4, 0.5) is 5.69 Å². The van der Waals surface area contributed by atoms with Crippen LogP contribution in [0.3, 0.4) is 0 Å². The molecule has 0 saturated carbocycles. The van der Waals surface area contributed by atoms with Gasteiger partial charge in [-0.3, -0.25) is 9.36 Å². The lowest BCUT2D eigenvalue weighted by Gasteiger charge is -2.10. The van der Waals surface area contributed by atoms with Crippen LogP contribution in [0.25, 0.3) is 0 Å². The normalized spacial score (nSPS) is 10.6. The van der Waals surface area contributed by atoms with Gasteiger partial charge >= 0.3 is 5.69 Å².